The SMILES string of the molecule is COC(=O)c1sc(-c2ccsc2)cc1NC(=O)c1ccc(Cc2cc3c(cc2C)C(C)(C)CCC3(C)C)o1. The number of hydrogen-bond donors (Lipinski definition) is 1. The van der Waals surface area contributed by atoms with Gasteiger partial charge in [-0.1, -0.05) is 39.8 Å². The zero-order valence-electron chi connectivity index (χ0n) is 22.7. The van der Waals surface area contributed by atoms with Gasteiger partial charge in [0, 0.05) is 16.9 Å². The predicted octanol–water partition coefficient (Wildman–Crippen LogP) is 8.36. The third kappa shape index (κ3) is 4.97. The maximum absolute atomic E-state index is 13.1. The van der Waals surface area contributed by atoms with Gasteiger partial charge < -0.3 is 14.5 Å². The van der Waals surface area contributed by atoms with Crippen LogP contribution in [0.25, 0.3) is 10.4 Å². The zero-order valence-corrected chi connectivity index (χ0v) is 24.3. The van der Waals surface area contributed by atoms with E-state index in [2.05, 4.69) is 52.1 Å². The average Bonchev–Trinajstić information content (AvgIpc) is 3.64. The van der Waals surface area contributed by atoms with Crippen molar-refractivity contribution < 1.29 is 18.7 Å². The van der Waals surface area contributed by atoms with Crippen molar-refractivity contribution in [2.75, 3.05) is 12.4 Å². The molecule has 1 aromatic carbocycles. The minimum absolute atomic E-state index is 0.126. The maximum Gasteiger partial charge on any atom is 0.350 e. The molecule has 5 rings (SSSR count). The number of furan rings is 1. The Kier molecular flexibility index (Phi) is 6.86. The fourth-order valence-electron chi connectivity index (χ4n) is 5.20. The smallest absolute Gasteiger partial charge is 0.350 e. The highest BCUT2D eigenvalue weighted by Crippen LogP contribution is 2.46. The molecule has 4 aromatic rings. The number of hydrogen-bond acceptors (Lipinski definition) is 6. The van der Waals surface area contributed by atoms with Gasteiger partial charge in [-0.15, -0.1) is 11.3 Å². The molecule has 3 heterocycles. The maximum atomic E-state index is 13.1. The number of carbonyl (C=O) groups is 2. The topological polar surface area (TPSA) is 68.5 Å². The van der Waals surface area contributed by atoms with Gasteiger partial charge in [-0.2, -0.15) is 11.3 Å². The van der Waals surface area contributed by atoms with E-state index in [9.17, 15) is 9.59 Å². The van der Waals surface area contributed by atoms with Crippen molar-refractivity contribution in [3.63, 3.8) is 0 Å². The minimum atomic E-state index is -0.485. The highest BCUT2D eigenvalue weighted by atomic mass is 32.1. The van der Waals surface area contributed by atoms with E-state index >= 15 is 0 Å². The number of ether oxygens (including phenoxy) is 1. The van der Waals surface area contributed by atoms with Crippen molar-refractivity contribution in [3.05, 3.63) is 85.8 Å². The van der Waals surface area contributed by atoms with Gasteiger partial charge in [-0.25, -0.2) is 4.79 Å². The molecule has 0 spiro atoms. The number of rotatable bonds is 6. The van der Waals surface area contributed by atoms with Gasteiger partial charge in [0.05, 0.1) is 12.8 Å². The average molecular weight is 548 g/mol. The first kappa shape index (κ1) is 26.4. The van der Waals surface area contributed by atoms with Crippen molar-refractivity contribution in [2.24, 2.45) is 0 Å². The standard InChI is InChI=1S/C31H33NO4S2/c1-18-13-22-23(31(4,5)11-10-30(22,2)3)15-20(18)14-21-7-8-25(36-21)28(33)32-24-16-26(19-9-12-37-17-19)38-27(24)29(34)35-6/h7-9,12-13,15-17H,10-11,14H2,1-6H3,(H,32,33). The molecular weight excluding hydrogens is 514 g/mol. The summed E-state index contributed by atoms with van der Waals surface area (Å²) < 4.78 is 10.9. The van der Waals surface area contributed by atoms with E-state index in [1.165, 1.54) is 47.1 Å². The molecule has 0 atom stereocenters. The summed E-state index contributed by atoms with van der Waals surface area (Å²) in [4.78, 5) is 26.7. The highest BCUT2D eigenvalue weighted by molar-refractivity contribution is 7.18. The number of aryl methyl sites for hydroxylation is 1. The summed E-state index contributed by atoms with van der Waals surface area (Å²) in [5.41, 5.74) is 7.00. The Balaban J connectivity index is 1.38. The summed E-state index contributed by atoms with van der Waals surface area (Å²) >= 11 is 2.87. The van der Waals surface area contributed by atoms with Crippen molar-refractivity contribution in [1.29, 1.82) is 0 Å². The van der Waals surface area contributed by atoms with Crippen LogP contribution < -0.4 is 5.32 Å². The third-order valence-electron chi connectivity index (χ3n) is 7.72. The first-order chi connectivity index (χ1) is 18.0. The molecular formula is C31H33NO4S2. The Hall–Kier alpha value is -3.16. The Bertz CT molecular complexity index is 1500. The van der Waals surface area contributed by atoms with Crippen molar-refractivity contribution >= 4 is 40.2 Å². The number of anilines is 1. The number of thiophene rings is 2. The summed E-state index contributed by atoms with van der Waals surface area (Å²) in [6.45, 7) is 11.5. The summed E-state index contributed by atoms with van der Waals surface area (Å²) in [7, 11) is 1.33. The van der Waals surface area contributed by atoms with Crippen molar-refractivity contribution in [2.45, 2.75) is 64.7 Å². The number of amides is 1. The molecule has 0 bridgehead atoms. The lowest BCUT2D eigenvalue weighted by Crippen LogP contribution is -2.34. The Morgan fingerprint density at radius 3 is 2.39 bits per heavy atom. The van der Waals surface area contributed by atoms with E-state index in [4.69, 9.17) is 9.15 Å². The molecule has 1 aliphatic carbocycles. The summed E-state index contributed by atoms with van der Waals surface area (Å²) in [6.07, 6.45) is 2.95. The first-order valence-electron chi connectivity index (χ1n) is 12.8. The van der Waals surface area contributed by atoms with Crippen LogP contribution in [-0.4, -0.2) is 19.0 Å². The summed E-state index contributed by atoms with van der Waals surface area (Å²) in [6, 6.07) is 12.0. The molecule has 0 radical (unpaired) electrons. The Morgan fingerprint density at radius 2 is 1.74 bits per heavy atom. The quantitative estimate of drug-likeness (QED) is 0.246. The van der Waals surface area contributed by atoms with Crippen LogP contribution in [0.15, 0.2) is 51.6 Å². The van der Waals surface area contributed by atoms with Gasteiger partial charge in [-0.05, 0) is 87.9 Å². The lowest BCUT2D eigenvalue weighted by atomic mass is 9.62. The Labute approximate surface area is 231 Å². The van der Waals surface area contributed by atoms with Gasteiger partial charge >= 0.3 is 5.97 Å². The van der Waals surface area contributed by atoms with Gasteiger partial charge in [0.15, 0.2) is 5.76 Å². The summed E-state index contributed by atoms with van der Waals surface area (Å²) in [5.74, 6) is 0.0433. The van der Waals surface area contributed by atoms with E-state index in [0.717, 1.165) is 22.6 Å². The van der Waals surface area contributed by atoms with Gasteiger partial charge in [0.1, 0.15) is 10.6 Å². The molecule has 198 valence electrons. The molecule has 7 heteroatoms. The molecule has 0 unspecified atom stereocenters. The van der Waals surface area contributed by atoms with Crippen LogP contribution >= 0.6 is 22.7 Å². The number of benzene rings is 1. The van der Waals surface area contributed by atoms with Crippen molar-refractivity contribution in [1.82, 2.24) is 0 Å². The van der Waals surface area contributed by atoms with Crippen LogP contribution in [-0.2, 0) is 22.0 Å². The molecule has 1 N–H and O–H groups in total. The fraction of sp³-hybridized carbons (Fsp3) is 0.355. The van der Waals surface area contributed by atoms with E-state index in [1.54, 1.807) is 23.5 Å². The minimum Gasteiger partial charge on any atom is -0.465 e. The third-order valence-corrected chi connectivity index (χ3v) is 9.56. The van der Waals surface area contributed by atoms with Crippen LogP contribution in [0.4, 0.5) is 5.69 Å². The molecule has 3 aromatic heterocycles. The molecule has 1 amide bonds. The number of esters is 1. The van der Waals surface area contributed by atoms with Gasteiger partial charge in [0.25, 0.3) is 5.91 Å². The largest absolute Gasteiger partial charge is 0.465 e. The normalized spacial score (nSPS) is 15.6. The van der Waals surface area contributed by atoms with Gasteiger partial charge in [0.2, 0.25) is 0 Å². The van der Waals surface area contributed by atoms with Crippen LogP contribution in [0.1, 0.15) is 88.8 Å². The fourth-order valence-corrected chi connectivity index (χ4v) is 6.96. The second-order valence-electron chi connectivity index (χ2n) is 11.3. The number of fused-ring (bicyclic) bond motifs is 1. The monoisotopic (exact) mass is 547 g/mol. The lowest BCUT2D eigenvalue weighted by Gasteiger charge is -2.42. The van der Waals surface area contributed by atoms with E-state index < -0.39 is 11.9 Å². The number of nitrogens with one attached hydrogen (secondary N) is 1. The van der Waals surface area contributed by atoms with Crippen LogP contribution in [0, 0.1) is 6.92 Å². The van der Waals surface area contributed by atoms with E-state index in [-0.39, 0.29) is 16.6 Å². The van der Waals surface area contributed by atoms with Crippen molar-refractivity contribution in [3.8, 4) is 10.4 Å². The van der Waals surface area contributed by atoms with Gasteiger partial charge in [-0.3, -0.25) is 4.79 Å². The molecule has 38 heavy (non-hydrogen) atoms. The summed E-state index contributed by atoms with van der Waals surface area (Å²) in [5, 5.41) is 6.83. The van der Waals surface area contributed by atoms with Crippen LogP contribution in [0.2, 0.25) is 0 Å². The molecule has 0 saturated carbocycles. The number of carbonyl (C=O) groups excluding carboxylic acids is 2. The molecule has 1 aliphatic rings. The highest BCUT2D eigenvalue weighted by Gasteiger charge is 2.37. The molecule has 0 aliphatic heterocycles. The van der Waals surface area contributed by atoms with Crippen LogP contribution in [0.5, 0.6) is 0 Å². The molecule has 0 fully saturated rings. The second-order valence-corrected chi connectivity index (χ2v) is 13.2. The Morgan fingerprint density at radius 1 is 1.03 bits per heavy atom. The van der Waals surface area contributed by atoms with E-state index in [1.807, 2.05) is 22.9 Å². The zero-order chi connectivity index (χ0) is 27.2. The first-order valence-corrected chi connectivity index (χ1v) is 14.5. The molecule has 5 nitrogen and oxygen atoms in total. The number of methoxy groups -OCH3 is 1. The molecule has 0 saturated heterocycles. The lowest BCUT2D eigenvalue weighted by molar-refractivity contribution is 0.0607. The van der Waals surface area contributed by atoms with Crippen LogP contribution in [0.3, 0.4) is 0 Å². The predicted molar refractivity (Wildman–Crippen MR) is 155 cm³/mol. The van der Waals surface area contributed by atoms with E-state index in [0.29, 0.717) is 17.0 Å². The second kappa shape index (κ2) is 9.86.